The Morgan fingerprint density at radius 1 is 0.407 bits per heavy atom. The summed E-state index contributed by atoms with van der Waals surface area (Å²) in [4.78, 5) is 0. The van der Waals surface area contributed by atoms with Gasteiger partial charge in [-0.25, -0.2) is 0 Å². The summed E-state index contributed by atoms with van der Waals surface area (Å²) in [5, 5.41) is 3.93. The SMILES string of the molecule is CCCCCCCC[P+](CCCCCCCC)(CCCCCCCC)NC. The van der Waals surface area contributed by atoms with Crippen molar-refractivity contribution in [2.45, 2.75) is 136 Å². The second-order valence-electron chi connectivity index (χ2n) is 8.84. The standard InChI is InChI=1S/C25H55NP/c1-5-8-11-14-17-20-23-27(26-4,24-21-18-15-12-9-6-2)25-22-19-16-13-10-7-3/h26H,5-25H2,1-4H3/q+1. The Labute approximate surface area is 174 Å². The van der Waals surface area contributed by atoms with Crippen LogP contribution in [0.25, 0.3) is 0 Å². The maximum Gasteiger partial charge on any atom is 0.0796 e. The van der Waals surface area contributed by atoms with Gasteiger partial charge in [-0.15, -0.1) is 0 Å². The molecule has 2 heteroatoms. The quantitative estimate of drug-likeness (QED) is 0.141. The Morgan fingerprint density at radius 3 is 0.926 bits per heavy atom. The number of hydrogen-bond donors (Lipinski definition) is 1. The minimum Gasteiger partial charge on any atom is -0.195 e. The summed E-state index contributed by atoms with van der Waals surface area (Å²) in [6.45, 7) is 6.95. The van der Waals surface area contributed by atoms with Crippen LogP contribution in [-0.2, 0) is 0 Å². The Morgan fingerprint density at radius 2 is 0.667 bits per heavy atom. The van der Waals surface area contributed by atoms with E-state index in [1.165, 1.54) is 134 Å². The van der Waals surface area contributed by atoms with E-state index in [9.17, 15) is 0 Å². The first-order valence-corrected chi connectivity index (χ1v) is 15.1. The smallest absolute Gasteiger partial charge is 0.0796 e. The Balaban J connectivity index is 4.23. The number of hydrogen-bond acceptors (Lipinski definition) is 1. The van der Waals surface area contributed by atoms with Crippen molar-refractivity contribution >= 4 is 7.41 Å². The van der Waals surface area contributed by atoms with Gasteiger partial charge >= 0.3 is 0 Å². The molecule has 0 spiro atoms. The second kappa shape index (κ2) is 21.1. The summed E-state index contributed by atoms with van der Waals surface area (Å²) in [6.07, 6.45) is 30.5. The second-order valence-corrected chi connectivity index (χ2v) is 12.9. The molecule has 0 aromatic rings. The summed E-state index contributed by atoms with van der Waals surface area (Å²) < 4.78 is 0. The van der Waals surface area contributed by atoms with Gasteiger partial charge in [0.25, 0.3) is 0 Å². The van der Waals surface area contributed by atoms with Crippen molar-refractivity contribution in [1.82, 2.24) is 5.09 Å². The first-order chi connectivity index (χ1) is 13.2. The predicted octanol–water partition coefficient (Wildman–Crippen LogP) is 9.22. The fourth-order valence-electron chi connectivity index (χ4n) is 4.26. The van der Waals surface area contributed by atoms with Crippen molar-refractivity contribution in [2.75, 3.05) is 25.5 Å². The molecule has 164 valence electrons. The van der Waals surface area contributed by atoms with Gasteiger partial charge in [0.05, 0.1) is 25.9 Å². The lowest BCUT2D eigenvalue weighted by molar-refractivity contribution is 0.614. The molecule has 0 rings (SSSR count). The summed E-state index contributed by atoms with van der Waals surface area (Å²) >= 11 is 0. The highest BCUT2D eigenvalue weighted by molar-refractivity contribution is 7.73. The summed E-state index contributed by atoms with van der Waals surface area (Å²) in [5.41, 5.74) is 0. The molecule has 0 bridgehead atoms. The third-order valence-corrected chi connectivity index (χ3v) is 10.8. The van der Waals surface area contributed by atoms with E-state index in [0.717, 1.165) is 0 Å². The predicted molar refractivity (Wildman–Crippen MR) is 131 cm³/mol. The van der Waals surface area contributed by atoms with Crippen LogP contribution in [0.5, 0.6) is 0 Å². The topological polar surface area (TPSA) is 12.0 Å². The molecular formula is C25H55NP+. The van der Waals surface area contributed by atoms with E-state index in [1.54, 1.807) is 0 Å². The van der Waals surface area contributed by atoms with Gasteiger partial charge in [0, 0.05) is 7.05 Å². The molecule has 0 aliphatic rings. The van der Waals surface area contributed by atoms with Crippen molar-refractivity contribution < 1.29 is 0 Å². The minimum absolute atomic E-state index is 0.894. The lowest BCUT2D eigenvalue weighted by atomic mass is 10.1. The molecular weight excluding hydrogens is 345 g/mol. The van der Waals surface area contributed by atoms with Crippen LogP contribution in [0.1, 0.15) is 136 Å². The molecule has 0 heterocycles. The normalized spacial score (nSPS) is 12.0. The van der Waals surface area contributed by atoms with Crippen molar-refractivity contribution in [3.8, 4) is 0 Å². The molecule has 0 aromatic carbocycles. The summed E-state index contributed by atoms with van der Waals surface area (Å²) in [7, 11) is 1.40. The molecule has 0 aliphatic heterocycles. The van der Waals surface area contributed by atoms with Crippen molar-refractivity contribution in [3.63, 3.8) is 0 Å². The highest BCUT2D eigenvalue weighted by Crippen LogP contribution is 2.56. The van der Waals surface area contributed by atoms with Crippen molar-refractivity contribution in [3.05, 3.63) is 0 Å². The molecule has 0 amide bonds. The Bertz CT molecular complexity index is 239. The third kappa shape index (κ3) is 17.0. The average Bonchev–Trinajstić information content (AvgIpc) is 2.69. The van der Waals surface area contributed by atoms with Crippen LogP contribution in [0.3, 0.4) is 0 Å². The maximum atomic E-state index is 3.93. The minimum atomic E-state index is -0.894. The summed E-state index contributed by atoms with van der Waals surface area (Å²) in [5.74, 6) is 0. The van der Waals surface area contributed by atoms with Crippen LogP contribution in [0.2, 0.25) is 0 Å². The van der Waals surface area contributed by atoms with E-state index in [2.05, 4.69) is 32.9 Å². The molecule has 1 N–H and O–H groups in total. The fourth-order valence-corrected chi connectivity index (χ4v) is 8.08. The van der Waals surface area contributed by atoms with E-state index >= 15 is 0 Å². The van der Waals surface area contributed by atoms with Gasteiger partial charge in [-0.2, -0.15) is 5.09 Å². The van der Waals surface area contributed by atoms with Crippen LogP contribution < -0.4 is 5.09 Å². The van der Waals surface area contributed by atoms with E-state index in [4.69, 9.17) is 0 Å². The Hall–Kier alpha value is 0.390. The van der Waals surface area contributed by atoms with Crippen LogP contribution in [0.4, 0.5) is 0 Å². The van der Waals surface area contributed by atoms with Gasteiger partial charge in [-0.05, 0) is 38.5 Å². The average molecular weight is 401 g/mol. The van der Waals surface area contributed by atoms with E-state index < -0.39 is 7.41 Å². The first-order valence-electron chi connectivity index (χ1n) is 12.8. The van der Waals surface area contributed by atoms with E-state index in [0.29, 0.717) is 0 Å². The van der Waals surface area contributed by atoms with Gasteiger partial charge in [0.2, 0.25) is 0 Å². The number of rotatable bonds is 22. The Kier molecular flexibility index (Phi) is 21.4. The highest BCUT2D eigenvalue weighted by atomic mass is 31.2. The zero-order valence-corrected chi connectivity index (χ0v) is 20.7. The van der Waals surface area contributed by atoms with Crippen LogP contribution in [0, 0.1) is 0 Å². The third-order valence-electron chi connectivity index (χ3n) is 6.29. The molecule has 0 atom stereocenters. The molecule has 0 aromatic heterocycles. The molecule has 0 fully saturated rings. The van der Waals surface area contributed by atoms with Crippen molar-refractivity contribution in [1.29, 1.82) is 0 Å². The van der Waals surface area contributed by atoms with E-state index in [1.807, 2.05) is 0 Å². The summed E-state index contributed by atoms with van der Waals surface area (Å²) in [6, 6.07) is 0. The maximum absolute atomic E-state index is 3.93. The molecule has 0 aliphatic carbocycles. The first kappa shape index (κ1) is 27.4. The van der Waals surface area contributed by atoms with Gasteiger partial charge in [-0.1, -0.05) is 97.8 Å². The lowest BCUT2D eigenvalue weighted by Gasteiger charge is -2.27. The van der Waals surface area contributed by atoms with Crippen LogP contribution in [-0.4, -0.2) is 25.5 Å². The number of unbranched alkanes of at least 4 members (excludes halogenated alkanes) is 15. The molecule has 0 saturated heterocycles. The van der Waals surface area contributed by atoms with Crippen LogP contribution >= 0.6 is 7.41 Å². The molecule has 1 nitrogen and oxygen atoms in total. The lowest BCUT2D eigenvalue weighted by Crippen LogP contribution is -2.21. The largest absolute Gasteiger partial charge is 0.195 e. The van der Waals surface area contributed by atoms with Gasteiger partial charge in [0.15, 0.2) is 0 Å². The molecule has 0 saturated carbocycles. The number of nitrogens with one attached hydrogen (secondary N) is 1. The fraction of sp³-hybridized carbons (Fsp3) is 1.00. The highest BCUT2D eigenvalue weighted by Gasteiger charge is 2.34. The zero-order chi connectivity index (χ0) is 20.1. The van der Waals surface area contributed by atoms with Crippen LogP contribution in [0.15, 0.2) is 0 Å². The monoisotopic (exact) mass is 400 g/mol. The van der Waals surface area contributed by atoms with Gasteiger partial charge < -0.3 is 0 Å². The zero-order valence-electron chi connectivity index (χ0n) is 19.8. The van der Waals surface area contributed by atoms with E-state index in [-0.39, 0.29) is 0 Å². The molecule has 0 unspecified atom stereocenters. The van der Waals surface area contributed by atoms with Gasteiger partial charge in [0.1, 0.15) is 0 Å². The van der Waals surface area contributed by atoms with Crippen molar-refractivity contribution in [2.24, 2.45) is 0 Å². The molecule has 27 heavy (non-hydrogen) atoms. The van der Waals surface area contributed by atoms with Gasteiger partial charge in [-0.3, -0.25) is 0 Å². The molecule has 0 radical (unpaired) electrons.